The molecule has 0 radical (unpaired) electrons. The second-order valence-electron chi connectivity index (χ2n) is 10.0. The molecule has 0 bridgehead atoms. The number of H-pyrrole nitrogens is 1. The molecule has 1 amide bonds. The number of pyridine rings is 1. The Balaban J connectivity index is 1.60. The number of methoxy groups -OCH3 is 1. The smallest absolute Gasteiger partial charge is 0.268 e. The maximum absolute atomic E-state index is 13.6. The first-order valence-corrected chi connectivity index (χ1v) is 14.4. The number of nitrogens with zero attached hydrogens (tertiary/aromatic N) is 2. The second kappa shape index (κ2) is 12.5. The number of fused-ring (bicyclic) bond motifs is 1. The van der Waals surface area contributed by atoms with Crippen LogP contribution in [0.15, 0.2) is 77.8 Å². The fourth-order valence-electron chi connectivity index (χ4n) is 4.44. The number of amides is 1. The third-order valence-corrected chi connectivity index (χ3v) is 8.26. The standard InChI is InChI=1S/C29H34N4O6S/c1-19(2)17-33(40(37,38)23-11-12-28(39-3)30-16-23)18-27(35)25(13-20-7-5-4-6-8-20)32-29(36)26-14-21-9-10-22(34)15-24(21)31-26/h4-12,14-16,19,25,27,31,34-35H,13,17-18H2,1-3H3,(H,32,36)/t25-,27+/m0/s1. The molecule has 2 atom stereocenters. The van der Waals surface area contributed by atoms with Crippen LogP contribution in [0.1, 0.15) is 29.9 Å². The van der Waals surface area contributed by atoms with Crippen molar-refractivity contribution in [2.75, 3.05) is 20.2 Å². The lowest BCUT2D eigenvalue weighted by Gasteiger charge is -2.30. The first-order chi connectivity index (χ1) is 19.1. The topological polar surface area (TPSA) is 145 Å². The van der Waals surface area contributed by atoms with Crippen LogP contribution in [-0.4, -0.2) is 71.2 Å². The largest absolute Gasteiger partial charge is 0.508 e. The van der Waals surface area contributed by atoms with Crippen molar-refractivity contribution in [1.29, 1.82) is 0 Å². The van der Waals surface area contributed by atoms with Gasteiger partial charge in [0.15, 0.2) is 0 Å². The van der Waals surface area contributed by atoms with Gasteiger partial charge in [-0.25, -0.2) is 13.4 Å². The molecule has 40 heavy (non-hydrogen) atoms. The molecule has 4 rings (SSSR count). The molecule has 0 fully saturated rings. The first kappa shape index (κ1) is 29.1. The number of phenols is 1. The predicted octanol–water partition coefficient (Wildman–Crippen LogP) is 3.33. The van der Waals surface area contributed by atoms with Crippen LogP contribution in [0.5, 0.6) is 11.6 Å². The fraction of sp³-hybridized carbons (Fsp3) is 0.310. The molecule has 4 aromatic rings. The van der Waals surface area contributed by atoms with E-state index in [2.05, 4.69) is 15.3 Å². The zero-order chi connectivity index (χ0) is 28.9. The Morgan fingerprint density at radius 1 is 1.07 bits per heavy atom. The van der Waals surface area contributed by atoms with Crippen molar-refractivity contribution in [1.82, 2.24) is 19.6 Å². The van der Waals surface area contributed by atoms with Gasteiger partial charge in [0.05, 0.1) is 25.5 Å². The van der Waals surface area contributed by atoms with Crippen molar-refractivity contribution in [3.05, 3.63) is 84.2 Å². The molecule has 0 aliphatic heterocycles. The summed E-state index contributed by atoms with van der Waals surface area (Å²) < 4.78 is 33.4. The van der Waals surface area contributed by atoms with E-state index in [-0.39, 0.29) is 47.6 Å². The normalized spacial score (nSPS) is 13.4. The summed E-state index contributed by atoms with van der Waals surface area (Å²) in [4.78, 5) is 20.3. The lowest BCUT2D eigenvalue weighted by molar-refractivity contribution is 0.0772. The summed E-state index contributed by atoms with van der Waals surface area (Å²) in [5.41, 5.74) is 1.71. The number of carbonyl (C=O) groups excluding carboxylic acids is 1. The minimum atomic E-state index is -4.01. The van der Waals surface area contributed by atoms with Gasteiger partial charge in [-0.1, -0.05) is 44.2 Å². The van der Waals surface area contributed by atoms with Gasteiger partial charge < -0.3 is 25.3 Å². The lowest BCUT2D eigenvalue weighted by atomic mass is 10.0. The minimum Gasteiger partial charge on any atom is -0.508 e. The van der Waals surface area contributed by atoms with Gasteiger partial charge >= 0.3 is 0 Å². The second-order valence-corrected chi connectivity index (χ2v) is 12.0. The zero-order valence-electron chi connectivity index (χ0n) is 22.6. The van der Waals surface area contributed by atoms with E-state index in [4.69, 9.17) is 4.74 Å². The van der Waals surface area contributed by atoms with Crippen molar-refractivity contribution < 1.29 is 28.2 Å². The van der Waals surface area contributed by atoms with Crippen LogP contribution in [-0.2, 0) is 16.4 Å². The quantitative estimate of drug-likeness (QED) is 0.206. The van der Waals surface area contributed by atoms with E-state index in [9.17, 15) is 23.4 Å². The number of carbonyl (C=O) groups is 1. The molecule has 212 valence electrons. The summed E-state index contributed by atoms with van der Waals surface area (Å²) >= 11 is 0. The number of nitrogens with one attached hydrogen (secondary N) is 2. The Hall–Kier alpha value is -3.93. The van der Waals surface area contributed by atoms with Crippen LogP contribution in [0.3, 0.4) is 0 Å². The van der Waals surface area contributed by atoms with E-state index in [0.717, 1.165) is 10.9 Å². The molecule has 0 aliphatic rings. The van der Waals surface area contributed by atoms with Gasteiger partial charge in [-0.3, -0.25) is 4.79 Å². The Kier molecular flexibility index (Phi) is 9.08. The highest BCUT2D eigenvalue weighted by Gasteiger charge is 2.32. The Morgan fingerprint density at radius 3 is 2.48 bits per heavy atom. The van der Waals surface area contributed by atoms with Gasteiger partial charge in [-0.15, -0.1) is 0 Å². The van der Waals surface area contributed by atoms with Crippen LogP contribution in [0.4, 0.5) is 0 Å². The van der Waals surface area contributed by atoms with E-state index < -0.39 is 28.1 Å². The average molecular weight is 567 g/mol. The molecule has 4 N–H and O–H groups in total. The van der Waals surface area contributed by atoms with E-state index in [1.54, 1.807) is 12.1 Å². The highest BCUT2D eigenvalue weighted by atomic mass is 32.2. The highest BCUT2D eigenvalue weighted by molar-refractivity contribution is 7.89. The SMILES string of the molecule is COc1ccc(S(=O)(=O)N(CC(C)C)C[C@@H](O)[C@H](Cc2ccccc2)NC(=O)c2cc3ccc(O)cc3[nH]2)cn1. The van der Waals surface area contributed by atoms with Gasteiger partial charge in [0.2, 0.25) is 15.9 Å². The molecule has 2 heterocycles. The number of aromatic hydroxyl groups is 1. The molecular formula is C29H34N4O6S. The Bertz CT molecular complexity index is 1540. The number of rotatable bonds is 12. The summed E-state index contributed by atoms with van der Waals surface area (Å²) in [6.45, 7) is 3.68. The number of hydrogen-bond acceptors (Lipinski definition) is 7. The molecule has 10 nitrogen and oxygen atoms in total. The number of aromatic amines is 1. The van der Waals surface area contributed by atoms with Crippen LogP contribution < -0.4 is 10.1 Å². The van der Waals surface area contributed by atoms with Gasteiger partial charge in [-0.05, 0) is 42.2 Å². The lowest BCUT2D eigenvalue weighted by Crippen LogP contribution is -2.51. The molecule has 0 spiro atoms. The number of aliphatic hydroxyl groups is 1. The van der Waals surface area contributed by atoms with E-state index in [1.807, 2.05) is 44.2 Å². The number of aromatic nitrogens is 2. The van der Waals surface area contributed by atoms with Gasteiger partial charge in [0.1, 0.15) is 16.3 Å². The van der Waals surface area contributed by atoms with Crippen LogP contribution in [0.25, 0.3) is 10.9 Å². The van der Waals surface area contributed by atoms with Gasteiger partial charge in [-0.2, -0.15) is 4.31 Å². The van der Waals surface area contributed by atoms with Crippen molar-refractivity contribution in [3.8, 4) is 11.6 Å². The maximum Gasteiger partial charge on any atom is 0.268 e. The number of sulfonamides is 1. The third-order valence-electron chi connectivity index (χ3n) is 6.45. The molecule has 0 saturated carbocycles. The summed E-state index contributed by atoms with van der Waals surface area (Å²) in [6, 6.07) is 17.8. The van der Waals surface area contributed by atoms with Crippen LogP contribution in [0, 0.1) is 5.92 Å². The number of hydrogen-bond donors (Lipinski definition) is 4. The molecule has 2 aromatic carbocycles. The van der Waals surface area contributed by atoms with E-state index in [1.165, 1.54) is 41.9 Å². The monoisotopic (exact) mass is 566 g/mol. The summed E-state index contributed by atoms with van der Waals surface area (Å²) in [5, 5.41) is 24.8. The molecule has 11 heteroatoms. The van der Waals surface area contributed by atoms with Crippen molar-refractivity contribution in [2.24, 2.45) is 5.92 Å². The summed E-state index contributed by atoms with van der Waals surface area (Å²) in [7, 11) is -2.57. The van der Waals surface area contributed by atoms with Crippen molar-refractivity contribution >= 4 is 26.8 Å². The highest BCUT2D eigenvalue weighted by Crippen LogP contribution is 2.22. The average Bonchev–Trinajstić information content (AvgIpc) is 3.36. The van der Waals surface area contributed by atoms with Crippen LogP contribution in [0.2, 0.25) is 0 Å². The third kappa shape index (κ3) is 6.98. The number of benzene rings is 2. The molecular weight excluding hydrogens is 532 g/mol. The van der Waals surface area contributed by atoms with Gasteiger partial charge in [0.25, 0.3) is 5.91 Å². The number of phenolic OH excluding ortho intramolecular Hbond substituents is 1. The summed E-state index contributed by atoms with van der Waals surface area (Å²) in [6.07, 6.45) is 0.261. The van der Waals surface area contributed by atoms with Crippen molar-refractivity contribution in [3.63, 3.8) is 0 Å². The van der Waals surface area contributed by atoms with Crippen LogP contribution >= 0.6 is 0 Å². The van der Waals surface area contributed by atoms with E-state index in [0.29, 0.717) is 5.52 Å². The molecule has 0 saturated heterocycles. The Morgan fingerprint density at radius 2 is 1.82 bits per heavy atom. The summed E-state index contributed by atoms with van der Waals surface area (Å²) in [5.74, 6) is -0.143. The van der Waals surface area contributed by atoms with Gasteiger partial charge in [0, 0.05) is 36.1 Å². The fourth-order valence-corrected chi connectivity index (χ4v) is 6.01. The first-order valence-electron chi connectivity index (χ1n) is 12.9. The number of ether oxygens (including phenoxy) is 1. The molecule has 0 aliphatic carbocycles. The molecule has 2 aromatic heterocycles. The van der Waals surface area contributed by atoms with E-state index >= 15 is 0 Å². The van der Waals surface area contributed by atoms with Crippen molar-refractivity contribution in [2.45, 2.75) is 37.3 Å². The molecule has 0 unspecified atom stereocenters. The minimum absolute atomic E-state index is 0.0221. The zero-order valence-corrected chi connectivity index (χ0v) is 23.4. The predicted molar refractivity (Wildman–Crippen MR) is 152 cm³/mol. The Labute approximate surface area is 233 Å². The maximum atomic E-state index is 13.6. The number of aliphatic hydroxyl groups excluding tert-OH is 1.